The largest absolute Gasteiger partial charge is 0.390 e. The summed E-state index contributed by atoms with van der Waals surface area (Å²) >= 11 is 0. The summed E-state index contributed by atoms with van der Waals surface area (Å²) in [5.74, 6) is 0.861. The summed E-state index contributed by atoms with van der Waals surface area (Å²) in [5.41, 5.74) is -0.231. The third-order valence-corrected chi connectivity index (χ3v) is 3.44. The zero-order valence-corrected chi connectivity index (χ0v) is 7.18. The first-order chi connectivity index (χ1) is 5.29. The molecule has 0 spiro atoms. The van der Waals surface area contributed by atoms with Gasteiger partial charge < -0.3 is 5.11 Å². The molecule has 11 heavy (non-hydrogen) atoms. The Morgan fingerprint density at radius 1 is 1.00 bits per heavy atom. The van der Waals surface area contributed by atoms with Crippen molar-refractivity contribution in [2.24, 2.45) is 5.92 Å². The Labute approximate surface area is 68.8 Å². The van der Waals surface area contributed by atoms with Crippen molar-refractivity contribution in [1.82, 2.24) is 0 Å². The maximum atomic E-state index is 10.0. The highest BCUT2D eigenvalue weighted by molar-refractivity contribution is 4.90. The van der Waals surface area contributed by atoms with Gasteiger partial charge in [0.15, 0.2) is 0 Å². The van der Waals surface area contributed by atoms with E-state index in [1.807, 2.05) is 0 Å². The van der Waals surface area contributed by atoms with Gasteiger partial charge >= 0.3 is 0 Å². The standard InChI is InChI=1S/C10H18O/c11-10-6-3-1-2-4-9(8-10)5-7-10/h9,11H,1-8H2. The zero-order chi connectivity index (χ0) is 7.73. The molecule has 0 amide bonds. The van der Waals surface area contributed by atoms with E-state index in [2.05, 4.69) is 0 Å². The van der Waals surface area contributed by atoms with Crippen LogP contribution in [-0.4, -0.2) is 10.7 Å². The van der Waals surface area contributed by atoms with Crippen LogP contribution < -0.4 is 0 Å². The quantitative estimate of drug-likeness (QED) is 0.568. The lowest BCUT2D eigenvalue weighted by Crippen LogP contribution is -2.25. The van der Waals surface area contributed by atoms with Gasteiger partial charge in [-0.25, -0.2) is 0 Å². The normalized spacial score (nSPS) is 45.0. The number of hydrogen-bond donors (Lipinski definition) is 1. The SMILES string of the molecule is OC12CCCCCC(CC1)C2. The summed E-state index contributed by atoms with van der Waals surface area (Å²) in [4.78, 5) is 0. The summed E-state index contributed by atoms with van der Waals surface area (Å²) in [6.45, 7) is 0. The van der Waals surface area contributed by atoms with Crippen LogP contribution in [0.15, 0.2) is 0 Å². The minimum Gasteiger partial charge on any atom is -0.390 e. The highest BCUT2D eigenvalue weighted by Crippen LogP contribution is 2.42. The van der Waals surface area contributed by atoms with Crippen molar-refractivity contribution in [1.29, 1.82) is 0 Å². The van der Waals surface area contributed by atoms with Crippen LogP contribution in [0.25, 0.3) is 0 Å². The first-order valence-electron chi connectivity index (χ1n) is 5.01. The first-order valence-corrected chi connectivity index (χ1v) is 5.01. The molecule has 0 aromatic carbocycles. The molecule has 2 fully saturated rings. The minimum atomic E-state index is -0.231. The van der Waals surface area contributed by atoms with Crippen molar-refractivity contribution >= 4 is 0 Å². The number of rotatable bonds is 0. The molecule has 1 N–H and O–H groups in total. The van der Waals surface area contributed by atoms with E-state index in [-0.39, 0.29) is 5.60 Å². The van der Waals surface area contributed by atoms with Crippen LogP contribution in [0.5, 0.6) is 0 Å². The van der Waals surface area contributed by atoms with E-state index >= 15 is 0 Å². The molecular weight excluding hydrogens is 136 g/mol. The molecule has 0 radical (unpaired) electrons. The molecule has 2 atom stereocenters. The molecule has 2 unspecified atom stereocenters. The Morgan fingerprint density at radius 3 is 2.82 bits per heavy atom. The highest BCUT2D eigenvalue weighted by Gasteiger charge is 2.37. The van der Waals surface area contributed by atoms with Gasteiger partial charge in [0, 0.05) is 0 Å². The molecule has 2 rings (SSSR count). The summed E-state index contributed by atoms with van der Waals surface area (Å²) in [6.07, 6.45) is 9.93. The van der Waals surface area contributed by atoms with Crippen LogP contribution in [-0.2, 0) is 0 Å². The van der Waals surface area contributed by atoms with Crippen molar-refractivity contribution < 1.29 is 5.11 Å². The van der Waals surface area contributed by atoms with E-state index in [4.69, 9.17) is 0 Å². The molecule has 2 bridgehead atoms. The van der Waals surface area contributed by atoms with Crippen molar-refractivity contribution in [3.8, 4) is 0 Å². The lowest BCUT2D eigenvalue weighted by molar-refractivity contribution is 0.0284. The summed E-state index contributed by atoms with van der Waals surface area (Å²) < 4.78 is 0. The summed E-state index contributed by atoms with van der Waals surface area (Å²) in [6, 6.07) is 0. The van der Waals surface area contributed by atoms with Gasteiger partial charge in [-0.05, 0) is 31.6 Å². The average molecular weight is 154 g/mol. The Morgan fingerprint density at radius 2 is 1.91 bits per heavy atom. The lowest BCUT2D eigenvalue weighted by atomic mass is 9.88. The van der Waals surface area contributed by atoms with Crippen LogP contribution >= 0.6 is 0 Å². The molecule has 1 nitrogen and oxygen atoms in total. The van der Waals surface area contributed by atoms with E-state index in [9.17, 15) is 5.11 Å². The molecule has 2 aliphatic carbocycles. The van der Waals surface area contributed by atoms with Crippen molar-refractivity contribution in [3.63, 3.8) is 0 Å². The monoisotopic (exact) mass is 154 g/mol. The maximum Gasteiger partial charge on any atom is 0.0650 e. The molecule has 2 aliphatic rings. The van der Waals surface area contributed by atoms with E-state index in [1.165, 1.54) is 32.1 Å². The van der Waals surface area contributed by atoms with Crippen LogP contribution in [0.2, 0.25) is 0 Å². The summed E-state index contributed by atoms with van der Waals surface area (Å²) in [5, 5.41) is 10.0. The minimum absolute atomic E-state index is 0.231. The van der Waals surface area contributed by atoms with E-state index in [0.717, 1.165) is 25.2 Å². The van der Waals surface area contributed by atoms with Crippen LogP contribution in [0.3, 0.4) is 0 Å². The molecule has 0 saturated heterocycles. The maximum absolute atomic E-state index is 10.0. The number of hydrogen-bond acceptors (Lipinski definition) is 1. The highest BCUT2D eigenvalue weighted by atomic mass is 16.3. The molecule has 2 saturated carbocycles. The van der Waals surface area contributed by atoms with Gasteiger partial charge in [-0.2, -0.15) is 0 Å². The fourth-order valence-corrected chi connectivity index (χ4v) is 2.75. The molecule has 0 aliphatic heterocycles. The molecular formula is C10H18O. The number of aliphatic hydroxyl groups is 1. The average Bonchev–Trinajstić information content (AvgIpc) is 2.31. The summed E-state index contributed by atoms with van der Waals surface area (Å²) in [7, 11) is 0. The molecule has 0 aromatic rings. The molecule has 1 heteroatoms. The Hall–Kier alpha value is -0.0400. The Bertz CT molecular complexity index is 142. The predicted molar refractivity (Wildman–Crippen MR) is 45.4 cm³/mol. The third kappa shape index (κ3) is 1.58. The van der Waals surface area contributed by atoms with E-state index in [0.29, 0.717) is 0 Å². The second kappa shape index (κ2) is 2.78. The van der Waals surface area contributed by atoms with Crippen molar-refractivity contribution in [3.05, 3.63) is 0 Å². The van der Waals surface area contributed by atoms with Crippen LogP contribution in [0.1, 0.15) is 51.4 Å². The smallest absolute Gasteiger partial charge is 0.0650 e. The van der Waals surface area contributed by atoms with Gasteiger partial charge in [0.2, 0.25) is 0 Å². The second-order valence-corrected chi connectivity index (χ2v) is 4.43. The topological polar surface area (TPSA) is 20.2 Å². The lowest BCUT2D eigenvalue weighted by Gasteiger charge is -2.24. The van der Waals surface area contributed by atoms with E-state index < -0.39 is 0 Å². The van der Waals surface area contributed by atoms with Crippen LogP contribution in [0.4, 0.5) is 0 Å². The zero-order valence-electron chi connectivity index (χ0n) is 7.18. The van der Waals surface area contributed by atoms with Crippen LogP contribution in [0, 0.1) is 5.92 Å². The van der Waals surface area contributed by atoms with Crippen molar-refractivity contribution in [2.45, 2.75) is 57.0 Å². The fraction of sp³-hybridized carbons (Fsp3) is 1.00. The number of fused-ring (bicyclic) bond motifs is 2. The van der Waals surface area contributed by atoms with Crippen molar-refractivity contribution in [2.75, 3.05) is 0 Å². The van der Waals surface area contributed by atoms with Gasteiger partial charge in [0.1, 0.15) is 0 Å². The van der Waals surface area contributed by atoms with E-state index in [1.54, 1.807) is 0 Å². The van der Waals surface area contributed by atoms with Gasteiger partial charge in [-0.15, -0.1) is 0 Å². The predicted octanol–water partition coefficient (Wildman–Crippen LogP) is 2.48. The third-order valence-electron chi connectivity index (χ3n) is 3.44. The van der Waals surface area contributed by atoms with Gasteiger partial charge in [0.05, 0.1) is 5.60 Å². The fourth-order valence-electron chi connectivity index (χ4n) is 2.75. The first kappa shape index (κ1) is 7.60. The molecule has 64 valence electrons. The Kier molecular flexibility index (Phi) is 1.92. The molecule has 0 aromatic heterocycles. The van der Waals surface area contributed by atoms with Gasteiger partial charge in [-0.3, -0.25) is 0 Å². The molecule has 0 heterocycles. The van der Waals surface area contributed by atoms with Gasteiger partial charge in [0.25, 0.3) is 0 Å². The Balaban J connectivity index is 2.02. The second-order valence-electron chi connectivity index (χ2n) is 4.43. The van der Waals surface area contributed by atoms with Gasteiger partial charge in [-0.1, -0.05) is 25.7 Å².